The molecule has 1 aliphatic rings. The van der Waals surface area contributed by atoms with Gasteiger partial charge < -0.3 is 11.1 Å². The Balaban J connectivity index is 1.69. The van der Waals surface area contributed by atoms with Gasteiger partial charge in [0.2, 0.25) is 0 Å². The van der Waals surface area contributed by atoms with Crippen molar-refractivity contribution in [2.75, 3.05) is 6.54 Å². The van der Waals surface area contributed by atoms with E-state index in [1.165, 1.54) is 16.4 Å². The van der Waals surface area contributed by atoms with Crippen molar-refractivity contribution in [1.29, 1.82) is 0 Å². The summed E-state index contributed by atoms with van der Waals surface area (Å²) in [5.74, 6) is 0.860. The lowest BCUT2D eigenvalue weighted by Gasteiger charge is -2.13. The Morgan fingerprint density at radius 1 is 1.42 bits per heavy atom. The number of aromatic nitrogens is 4. The quantitative estimate of drug-likeness (QED) is 0.616. The van der Waals surface area contributed by atoms with Crippen LogP contribution in [0.3, 0.4) is 0 Å². The molecule has 0 bridgehead atoms. The largest absolute Gasteiger partial charge is 0.327 e. The Bertz CT molecular complexity index is 694. The molecule has 0 aromatic carbocycles. The summed E-state index contributed by atoms with van der Waals surface area (Å²) >= 11 is 2.32. The molecule has 2 heterocycles. The Kier molecular flexibility index (Phi) is 5.83. The topological polar surface area (TPSA) is 81.7 Å². The number of pyridine rings is 1. The van der Waals surface area contributed by atoms with Gasteiger partial charge in [0.05, 0.1) is 17.1 Å². The fourth-order valence-electron chi connectivity index (χ4n) is 2.88. The van der Waals surface area contributed by atoms with E-state index in [2.05, 4.69) is 51.2 Å². The minimum atomic E-state index is 0.227. The van der Waals surface area contributed by atoms with Crippen LogP contribution in [-0.2, 0) is 20.0 Å². The van der Waals surface area contributed by atoms with E-state index < -0.39 is 0 Å². The molecule has 1 fully saturated rings. The average molecular weight is 440 g/mol. The maximum Gasteiger partial charge on any atom is 0.135 e. The fraction of sp³-hybridized carbons (Fsp3) is 0.588. The highest BCUT2D eigenvalue weighted by atomic mass is 127. The predicted octanol–water partition coefficient (Wildman–Crippen LogP) is 2.26. The maximum absolute atomic E-state index is 6.18. The Morgan fingerprint density at radius 2 is 2.21 bits per heavy atom. The summed E-state index contributed by atoms with van der Waals surface area (Å²) in [4.78, 5) is 4.75. The first-order valence-corrected chi connectivity index (χ1v) is 9.67. The van der Waals surface area contributed by atoms with E-state index >= 15 is 0 Å². The third-order valence-electron chi connectivity index (χ3n) is 4.47. The zero-order valence-corrected chi connectivity index (χ0v) is 16.5. The molecule has 2 aromatic rings. The highest BCUT2D eigenvalue weighted by Gasteiger charge is 2.23. The normalized spacial score (nSPS) is 15.7. The lowest BCUT2D eigenvalue weighted by molar-refractivity contribution is 0.509. The Labute approximate surface area is 156 Å². The van der Waals surface area contributed by atoms with Crippen LogP contribution in [0.25, 0.3) is 11.4 Å². The summed E-state index contributed by atoms with van der Waals surface area (Å²) in [5.41, 5.74) is 10.1. The van der Waals surface area contributed by atoms with E-state index in [1.54, 1.807) is 0 Å². The second-order valence-electron chi connectivity index (χ2n) is 6.56. The third-order valence-corrected chi connectivity index (χ3v) is 5.45. The molecule has 3 rings (SSSR count). The van der Waals surface area contributed by atoms with Crippen LogP contribution in [0.5, 0.6) is 0 Å². The molecular weight excluding hydrogens is 415 g/mol. The van der Waals surface area contributed by atoms with Crippen molar-refractivity contribution < 1.29 is 0 Å². The molecule has 24 heavy (non-hydrogen) atoms. The minimum absolute atomic E-state index is 0.227. The summed E-state index contributed by atoms with van der Waals surface area (Å²) in [6, 6.07) is 4.34. The molecule has 7 heteroatoms. The standard InChI is InChI=1S/C17H25IN6/c1-3-14-13(18)6-7-15(21-14)17-16(24(2)23-22-17)10-20-9-12(19)8-11-4-5-11/h6-7,11-12,20H,3-5,8-10,19H2,1-2H3. The number of nitrogens with one attached hydrogen (secondary N) is 1. The van der Waals surface area contributed by atoms with Crippen LogP contribution >= 0.6 is 22.6 Å². The van der Waals surface area contributed by atoms with Gasteiger partial charge >= 0.3 is 0 Å². The fourth-order valence-corrected chi connectivity index (χ4v) is 3.56. The molecular formula is C17H25IN6. The molecule has 130 valence electrons. The number of aryl methyl sites for hydroxylation is 2. The number of hydrogen-bond donors (Lipinski definition) is 2. The van der Waals surface area contributed by atoms with Crippen LogP contribution in [0.2, 0.25) is 0 Å². The molecule has 0 aliphatic heterocycles. The average Bonchev–Trinajstić information content (AvgIpc) is 3.30. The van der Waals surface area contributed by atoms with Crippen LogP contribution < -0.4 is 11.1 Å². The molecule has 0 spiro atoms. The maximum atomic E-state index is 6.18. The zero-order valence-electron chi connectivity index (χ0n) is 14.3. The van der Waals surface area contributed by atoms with Gasteiger partial charge in [0.15, 0.2) is 0 Å². The van der Waals surface area contributed by atoms with E-state index in [9.17, 15) is 0 Å². The molecule has 0 saturated heterocycles. The van der Waals surface area contributed by atoms with Crippen molar-refractivity contribution in [1.82, 2.24) is 25.3 Å². The second-order valence-corrected chi connectivity index (χ2v) is 7.72. The number of halogens is 1. The van der Waals surface area contributed by atoms with E-state index in [-0.39, 0.29) is 6.04 Å². The van der Waals surface area contributed by atoms with Crippen LogP contribution in [0.1, 0.15) is 37.6 Å². The first kappa shape index (κ1) is 17.8. The van der Waals surface area contributed by atoms with Crippen LogP contribution in [0.4, 0.5) is 0 Å². The van der Waals surface area contributed by atoms with Crippen molar-refractivity contribution in [3.05, 3.63) is 27.1 Å². The van der Waals surface area contributed by atoms with Gasteiger partial charge in [-0.1, -0.05) is 25.0 Å². The molecule has 2 aromatic heterocycles. The smallest absolute Gasteiger partial charge is 0.135 e. The molecule has 6 nitrogen and oxygen atoms in total. The van der Waals surface area contributed by atoms with Gasteiger partial charge in [-0.2, -0.15) is 0 Å². The van der Waals surface area contributed by atoms with Gasteiger partial charge in [-0.05, 0) is 53.5 Å². The van der Waals surface area contributed by atoms with Gasteiger partial charge in [0.25, 0.3) is 0 Å². The van der Waals surface area contributed by atoms with Crippen LogP contribution in [0, 0.1) is 9.49 Å². The molecule has 1 aliphatic carbocycles. The lowest BCUT2D eigenvalue weighted by Crippen LogP contribution is -2.34. The minimum Gasteiger partial charge on any atom is -0.327 e. The van der Waals surface area contributed by atoms with Crippen molar-refractivity contribution in [2.45, 2.75) is 45.2 Å². The summed E-state index contributed by atoms with van der Waals surface area (Å²) in [6.45, 7) is 3.64. The monoisotopic (exact) mass is 440 g/mol. The number of hydrogen-bond acceptors (Lipinski definition) is 5. The molecule has 1 saturated carbocycles. The van der Waals surface area contributed by atoms with Crippen molar-refractivity contribution >= 4 is 22.6 Å². The Morgan fingerprint density at radius 3 is 2.92 bits per heavy atom. The summed E-state index contributed by atoms with van der Waals surface area (Å²) < 4.78 is 3.01. The van der Waals surface area contributed by atoms with E-state index in [0.29, 0.717) is 6.54 Å². The van der Waals surface area contributed by atoms with E-state index in [4.69, 9.17) is 10.7 Å². The van der Waals surface area contributed by atoms with Gasteiger partial charge in [0, 0.05) is 29.7 Å². The van der Waals surface area contributed by atoms with Crippen molar-refractivity contribution in [3.8, 4) is 11.4 Å². The van der Waals surface area contributed by atoms with Crippen molar-refractivity contribution in [3.63, 3.8) is 0 Å². The summed E-state index contributed by atoms with van der Waals surface area (Å²) in [6.07, 6.45) is 4.74. The van der Waals surface area contributed by atoms with Crippen molar-refractivity contribution in [2.24, 2.45) is 18.7 Å². The highest BCUT2D eigenvalue weighted by molar-refractivity contribution is 14.1. The van der Waals surface area contributed by atoms with E-state index in [0.717, 1.165) is 48.1 Å². The van der Waals surface area contributed by atoms with E-state index in [1.807, 2.05) is 17.8 Å². The second kappa shape index (κ2) is 7.88. The van der Waals surface area contributed by atoms with Gasteiger partial charge in [-0.3, -0.25) is 4.68 Å². The Hall–Kier alpha value is -1.06. The lowest BCUT2D eigenvalue weighted by atomic mass is 10.1. The third kappa shape index (κ3) is 4.31. The summed E-state index contributed by atoms with van der Waals surface area (Å²) in [5, 5.41) is 12.0. The SMILES string of the molecule is CCc1nc(-c2nnn(C)c2CNCC(N)CC2CC2)ccc1I. The summed E-state index contributed by atoms with van der Waals surface area (Å²) in [7, 11) is 1.92. The van der Waals surface area contributed by atoms with Crippen LogP contribution in [-0.4, -0.2) is 32.6 Å². The number of nitrogens with two attached hydrogens (primary N) is 1. The number of nitrogens with zero attached hydrogens (tertiary/aromatic N) is 4. The number of rotatable bonds is 8. The molecule has 1 unspecified atom stereocenters. The van der Waals surface area contributed by atoms with Gasteiger partial charge in [-0.15, -0.1) is 5.10 Å². The van der Waals surface area contributed by atoms with Gasteiger partial charge in [0.1, 0.15) is 5.69 Å². The first-order chi connectivity index (χ1) is 11.6. The molecule has 0 amide bonds. The molecule has 3 N–H and O–H groups in total. The van der Waals surface area contributed by atoms with Crippen LogP contribution in [0.15, 0.2) is 12.1 Å². The molecule has 0 radical (unpaired) electrons. The molecule has 1 atom stereocenters. The van der Waals surface area contributed by atoms with Gasteiger partial charge in [-0.25, -0.2) is 4.98 Å². The first-order valence-electron chi connectivity index (χ1n) is 8.59. The predicted molar refractivity (Wildman–Crippen MR) is 103 cm³/mol. The highest BCUT2D eigenvalue weighted by Crippen LogP contribution is 2.33. The zero-order chi connectivity index (χ0) is 17.1.